The van der Waals surface area contributed by atoms with Crippen molar-refractivity contribution in [3.8, 4) is 0 Å². The number of unbranched alkanes of at least 4 members (excludes halogenated alkanes) is 23. The van der Waals surface area contributed by atoms with Gasteiger partial charge in [0.05, 0.1) is 25.4 Å². The molecule has 0 aromatic carbocycles. The molecule has 0 saturated carbocycles. The highest BCUT2D eigenvalue weighted by atomic mass is 32.3. The van der Waals surface area contributed by atoms with E-state index in [2.05, 4.69) is 47.7 Å². The van der Waals surface area contributed by atoms with Gasteiger partial charge in [-0.3, -0.25) is 9.35 Å². The standard InChI is InChI=1S/C45H85NO12S/c1-3-5-7-9-11-13-15-17-19-20-22-23-25-27-29-31-33-38(48)37(36-56-45-42(51)43(58-59(53,54)55)41(50)40(35-47)57-45)46-44(52)39(49)34-32-30-28-26-24-21-18-16-14-12-10-8-6-4-2/h12,14,16,18,37-43,45,47-51H,3-11,13,15,17,19-36H2,1-2H3,(H,46,52)(H,53,54,55)/b14-12-,18-16-. The minimum absolute atomic E-state index is 0.243. The molecule has 0 aromatic rings. The molecule has 1 amide bonds. The van der Waals surface area contributed by atoms with Gasteiger partial charge in [-0.25, -0.2) is 4.18 Å². The van der Waals surface area contributed by atoms with E-state index >= 15 is 0 Å². The highest BCUT2D eigenvalue weighted by molar-refractivity contribution is 7.80. The Hall–Kier alpha value is -1.46. The van der Waals surface area contributed by atoms with Crippen molar-refractivity contribution in [1.29, 1.82) is 0 Å². The van der Waals surface area contributed by atoms with Crippen LogP contribution in [0.15, 0.2) is 24.3 Å². The van der Waals surface area contributed by atoms with Crippen molar-refractivity contribution in [2.75, 3.05) is 13.2 Å². The summed E-state index contributed by atoms with van der Waals surface area (Å²) < 4.78 is 47.6. The maximum absolute atomic E-state index is 13.1. The molecule has 0 spiro atoms. The van der Waals surface area contributed by atoms with Crippen molar-refractivity contribution in [2.24, 2.45) is 0 Å². The van der Waals surface area contributed by atoms with Crippen molar-refractivity contribution in [2.45, 2.75) is 243 Å². The molecule has 8 atom stereocenters. The fourth-order valence-electron chi connectivity index (χ4n) is 7.40. The molecule has 59 heavy (non-hydrogen) atoms. The van der Waals surface area contributed by atoms with Gasteiger partial charge in [0.2, 0.25) is 5.91 Å². The minimum Gasteiger partial charge on any atom is -0.394 e. The van der Waals surface area contributed by atoms with Gasteiger partial charge in [-0.1, -0.05) is 179 Å². The maximum Gasteiger partial charge on any atom is 0.397 e. The third-order valence-corrected chi connectivity index (χ3v) is 11.6. The molecule has 0 aromatic heterocycles. The second kappa shape index (κ2) is 36.1. The second-order valence-corrected chi connectivity index (χ2v) is 17.6. The number of nitrogens with one attached hydrogen (secondary N) is 1. The molecular weight excluding hydrogens is 779 g/mol. The average Bonchev–Trinajstić information content (AvgIpc) is 3.20. The van der Waals surface area contributed by atoms with Crippen LogP contribution >= 0.6 is 0 Å². The lowest BCUT2D eigenvalue weighted by Gasteiger charge is -2.41. The SMILES string of the molecule is CCCCC/C=C\C=C/CCCCCCCC(O)C(=O)NC(COC1OC(CO)C(O)C(OS(=O)(=O)O)C1O)C(O)CCCCCCCCCCCCCCCCCC. The molecule has 1 aliphatic rings. The number of ether oxygens (including phenoxy) is 2. The molecule has 1 heterocycles. The number of amides is 1. The zero-order valence-corrected chi connectivity index (χ0v) is 37.5. The minimum atomic E-state index is -5.11. The van der Waals surface area contributed by atoms with Gasteiger partial charge in [-0.2, -0.15) is 8.42 Å². The average molecular weight is 864 g/mol. The van der Waals surface area contributed by atoms with Gasteiger partial charge < -0.3 is 40.3 Å². The van der Waals surface area contributed by atoms with E-state index in [4.69, 9.17) is 9.47 Å². The van der Waals surface area contributed by atoms with Crippen LogP contribution in [0.1, 0.15) is 194 Å². The Morgan fingerprint density at radius 2 is 1.12 bits per heavy atom. The summed E-state index contributed by atoms with van der Waals surface area (Å²) in [6.45, 7) is 3.24. The monoisotopic (exact) mass is 864 g/mol. The van der Waals surface area contributed by atoms with E-state index in [0.29, 0.717) is 19.3 Å². The molecule has 1 fully saturated rings. The maximum atomic E-state index is 13.1. The molecule has 14 heteroatoms. The van der Waals surface area contributed by atoms with Gasteiger partial charge >= 0.3 is 10.4 Å². The molecule has 1 saturated heterocycles. The van der Waals surface area contributed by atoms with Crippen LogP contribution in [0.2, 0.25) is 0 Å². The van der Waals surface area contributed by atoms with Crippen molar-refractivity contribution in [3.05, 3.63) is 24.3 Å². The Labute approximate surface area is 357 Å². The third-order valence-electron chi connectivity index (χ3n) is 11.1. The number of carbonyl (C=O) groups excluding carboxylic acids is 1. The van der Waals surface area contributed by atoms with Gasteiger partial charge in [-0.05, 0) is 38.5 Å². The highest BCUT2D eigenvalue weighted by Gasteiger charge is 2.48. The molecule has 348 valence electrons. The van der Waals surface area contributed by atoms with Crippen LogP contribution in [0, 0.1) is 0 Å². The van der Waals surface area contributed by atoms with Crippen LogP contribution in [-0.2, 0) is 28.9 Å². The zero-order chi connectivity index (χ0) is 43.6. The van der Waals surface area contributed by atoms with Crippen molar-refractivity contribution < 1.29 is 57.0 Å². The Bertz CT molecular complexity index is 1170. The quantitative estimate of drug-likeness (QED) is 0.0179. The summed E-state index contributed by atoms with van der Waals surface area (Å²) in [6, 6.07) is -1.04. The lowest BCUT2D eigenvalue weighted by molar-refractivity contribution is -0.298. The number of aliphatic hydroxyl groups is 5. The van der Waals surface area contributed by atoms with E-state index in [1.165, 1.54) is 96.3 Å². The normalized spacial score (nSPS) is 21.7. The Balaban J connectivity index is 2.57. The molecule has 0 bridgehead atoms. The Kier molecular flexibility index (Phi) is 34.0. The number of rotatable bonds is 39. The molecule has 1 rings (SSSR count). The molecule has 7 N–H and O–H groups in total. The first-order chi connectivity index (χ1) is 28.4. The lowest BCUT2D eigenvalue weighted by Crippen LogP contribution is -2.61. The summed E-state index contributed by atoms with van der Waals surface area (Å²) >= 11 is 0. The fourth-order valence-corrected chi connectivity index (χ4v) is 7.91. The van der Waals surface area contributed by atoms with Crippen LogP contribution in [0.5, 0.6) is 0 Å². The van der Waals surface area contributed by atoms with E-state index in [9.17, 15) is 43.3 Å². The first kappa shape index (κ1) is 55.6. The summed E-state index contributed by atoms with van der Waals surface area (Å²) in [5.41, 5.74) is 0. The van der Waals surface area contributed by atoms with Crippen LogP contribution in [0.3, 0.4) is 0 Å². The number of hydrogen-bond acceptors (Lipinski definition) is 11. The zero-order valence-electron chi connectivity index (χ0n) is 36.7. The predicted octanol–water partition coefficient (Wildman–Crippen LogP) is 7.91. The number of carbonyl (C=O) groups is 1. The van der Waals surface area contributed by atoms with Crippen LogP contribution in [0.25, 0.3) is 0 Å². The summed E-state index contributed by atoms with van der Waals surface area (Å²) in [5.74, 6) is -0.682. The lowest BCUT2D eigenvalue weighted by atomic mass is 9.99. The van der Waals surface area contributed by atoms with Crippen LogP contribution < -0.4 is 5.32 Å². The van der Waals surface area contributed by atoms with Gasteiger partial charge in [0.1, 0.15) is 30.5 Å². The van der Waals surface area contributed by atoms with Gasteiger partial charge in [0.15, 0.2) is 6.29 Å². The smallest absolute Gasteiger partial charge is 0.394 e. The van der Waals surface area contributed by atoms with Crippen molar-refractivity contribution >= 4 is 16.3 Å². The molecule has 8 unspecified atom stereocenters. The van der Waals surface area contributed by atoms with Gasteiger partial charge in [0, 0.05) is 0 Å². The summed E-state index contributed by atoms with van der Waals surface area (Å²) in [5, 5.41) is 55.3. The Morgan fingerprint density at radius 1 is 0.678 bits per heavy atom. The number of hydrogen-bond donors (Lipinski definition) is 7. The van der Waals surface area contributed by atoms with E-state index < -0.39 is 78.5 Å². The third kappa shape index (κ3) is 28.7. The first-order valence-electron chi connectivity index (χ1n) is 23.3. The van der Waals surface area contributed by atoms with Gasteiger partial charge in [-0.15, -0.1) is 0 Å². The summed E-state index contributed by atoms with van der Waals surface area (Å²) in [6.07, 6.45) is 27.8. The van der Waals surface area contributed by atoms with Gasteiger partial charge in [0.25, 0.3) is 0 Å². The topological polar surface area (TPSA) is 212 Å². The molecule has 1 aliphatic heterocycles. The molecular formula is C45H85NO12S. The fraction of sp³-hybridized carbons (Fsp3) is 0.889. The predicted molar refractivity (Wildman–Crippen MR) is 233 cm³/mol. The van der Waals surface area contributed by atoms with E-state index in [1.54, 1.807) is 0 Å². The second-order valence-electron chi connectivity index (χ2n) is 16.5. The van der Waals surface area contributed by atoms with Crippen molar-refractivity contribution in [3.63, 3.8) is 0 Å². The van der Waals surface area contributed by atoms with E-state index in [-0.39, 0.29) is 6.42 Å². The largest absolute Gasteiger partial charge is 0.397 e. The molecule has 0 radical (unpaired) electrons. The van der Waals surface area contributed by atoms with E-state index in [1.807, 2.05) is 0 Å². The van der Waals surface area contributed by atoms with Crippen LogP contribution in [-0.4, -0.2) is 107 Å². The van der Waals surface area contributed by atoms with Crippen molar-refractivity contribution in [1.82, 2.24) is 5.32 Å². The molecule has 13 nitrogen and oxygen atoms in total. The van der Waals surface area contributed by atoms with Crippen LogP contribution in [0.4, 0.5) is 0 Å². The first-order valence-corrected chi connectivity index (χ1v) is 24.7. The number of allylic oxidation sites excluding steroid dienone is 4. The number of aliphatic hydroxyl groups excluding tert-OH is 5. The summed E-state index contributed by atoms with van der Waals surface area (Å²) in [4.78, 5) is 13.1. The molecule has 0 aliphatic carbocycles. The summed E-state index contributed by atoms with van der Waals surface area (Å²) in [7, 11) is -5.11. The Morgan fingerprint density at radius 3 is 1.61 bits per heavy atom. The van der Waals surface area contributed by atoms with E-state index in [0.717, 1.165) is 57.8 Å². The highest BCUT2D eigenvalue weighted by Crippen LogP contribution is 2.26.